The van der Waals surface area contributed by atoms with Gasteiger partial charge in [0.05, 0.1) is 18.1 Å². The average Bonchev–Trinajstić information content (AvgIpc) is 3.08. The van der Waals surface area contributed by atoms with Crippen LogP contribution in [0.3, 0.4) is 0 Å². The number of halogens is 1. The van der Waals surface area contributed by atoms with Crippen LogP contribution in [0.15, 0.2) is 18.5 Å². The van der Waals surface area contributed by atoms with Gasteiger partial charge in [-0.15, -0.1) is 0 Å². The monoisotopic (exact) mass is 358 g/mol. The molecule has 3 aromatic heterocycles. The summed E-state index contributed by atoms with van der Waals surface area (Å²) in [6.45, 7) is 3.97. The van der Waals surface area contributed by atoms with E-state index in [1.165, 1.54) is 10.7 Å². The van der Waals surface area contributed by atoms with Gasteiger partial charge in [0, 0.05) is 18.7 Å². The van der Waals surface area contributed by atoms with Crippen LogP contribution in [0.4, 0.5) is 16.3 Å². The molecule has 0 saturated heterocycles. The maximum absolute atomic E-state index is 12.3. The number of imidazole rings is 1. The van der Waals surface area contributed by atoms with Crippen LogP contribution in [0.25, 0.3) is 5.65 Å². The molecule has 0 saturated carbocycles. The Morgan fingerprint density at radius 2 is 2.16 bits per heavy atom. The van der Waals surface area contributed by atoms with E-state index in [1.807, 2.05) is 19.9 Å². The third-order valence-electron chi connectivity index (χ3n) is 3.56. The third kappa shape index (κ3) is 3.25. The Kier molecular flexibility index (Phi) is 4.29. The topological polar surface area (TPSA) is 113 Å². The summed E-state index contributed by atoms with van der Waals surface area (Å²) in [5.74, 6) is 0.485. The van der Waals surface area contributed by atoms with Crippen molar-refractivity contribution in [2.45, 2.75) is 19.8 Å². The Labute approximate surface area is 148 Å². The zero-order valence-corrected chi connectivity index (χ0v) is 14.5. The molecule has 0 aliphatic rings. The quantitative estimate of drug-likeness (QED) is 0.747. The standard InChI is InChI=1S/C15H15ClN8O/c1-8(2)13-10(6-18-24-7-11(16)20-14(13)24)19-15(25)21-12-4-9(5-17)22-23(12)3/h4,6-8H,1-3H3,(H2,19,21,25). The number of nitrogens with one attached hydrogen (secondary N) is 2. The average molecular weight is 359 g/mol. The zero-order valence-electron chi connectivity index (χ0n) is 13.8. The van der Waals surface area contributed by atoms with E-state index in [1.54, 1.807) is 24.0 Å². The van der Waals surface area contributed by atoms with Gasteiger partial charge in [-0.3, -0.25) is 10.00 Å². The van der Waals surface area contributed by atoms with Crippen LogP contribution < -0.4 is 10.6 Å². The molecule has 10 heteroatoms. The van der Waals surface area contributed by atoms with E-state index < -0.39 is 6.03 Å². The fourth-order valence-electron chi connectivity index (χ4n) is 2.50. The highest BCUT2D eigenvalue weighted by molar-refractivity contribution is 6.29. The van der Waals surface area contributed by atoms with Crippen LogP contribution >= 0.6 is 11.6 Å². The van der Waals surface area contributed by atoms with Crippen molar-refractivity contribution in [3.63, 3.8) is 0 Å². The van der Waals surface area contributed by atoms with Crippen LogP contribution in [-0.2, 0) is 7.05 Å². The van der Waals surface area contributed by atoms with E-state index >= 15 is 0 Å². The van der Waals surface area contributed by atoms with Crippen molar-refractivity contribution in [2.24, 2.45) is 7.05 Å². The second kappa shape index (κ2) is 6.41. The van der Waals surface area contributed by atoms with Gasteiger partial charge in [-0.05, 0) is 5.92 Å². The summed E-state index contributed by atoms with van der Waals surface area (Å²) in [5.41, 5.74) is 2.16. The van der Waals surface area contributed by atoms with Gasteiger partial charge in [0.2, 0.25) is 0 Å². The number of urea groups is 1. The minimum absolute atomic E-state index is 0.0844. The largest absolute Gasteiger partial charge is 0.324 e. The second-order valence-corrected chi connectivity index (χ2v) is 6.08. The van der Waals surface area contributed by atoms with Crippen molar-refractivity contribution in [3.8, 4) is 6.07 Å². The first-order valence-electron chi connectivity index (χ1n) is 7.45. The van der Waals surface area contributed by atoms with E-state index in [9.17, 15) is 4.79 Å². The van der Waals surface area contributed by atoms with Crippen molar-refractivity contribution >= 4 is 34.8 Å². The molecule has 9 nitrogen and oxygen atoms in total. The molecule has 0 atom stereocenters. The van der Waals surface area contributed by atoms with Gasteiger partial charge in [-0.25, -0.2) is 14.3 Å². The summed E-state index contributed by atoms with van der Waals surface area (Å²) in [5, 5.41) is 22.8. The third-order valence-corrected chi connectivity index (χ3v) is 3.74. The van der Waals surface area contributed by atoms with Crippen LogP contribution in [0.5, 0.6) is 0 Å². The summed E-state index contributed by atoms with van der Waals surface area (Å²) in [6, 6.07) is 2.93. The number of aromatic nitrogens is 5. The molecule has 0 aliphatic heterocycles. The molecule has 3 aromatic rings. The number of aryl methyl sites for hydroxylation is 1. The Morgan fingerprint density at radius 1 is 1.40 bits per heavy atom. The number of fused-ring (bicyclic) bond motifs is 1. The molecule has 0 fully saturated rings. The second-order valence-electron chi connectivity index (χ2n) is 5.69. The fourth-order valence-corrected chi connectivity index (χ4v) is 2.67. The molecule has 3 rings (SSSR count). The van der Waals surface area contributed by atoms with Gasteiger partial charge in [0.1, 0.15) is 17.0 Å². The number of carbonyl (C=O) groups excluding carboxylic acids is 1. The van der Waals surface area contributed by atoms with E-state index in [2.05, 4.69) is 25.8 Å². The molecule has 2 N–H and O–H groups in total. The molecule has 0 spiro atoms. The Balaban J connectivity index is 1.89. The van der Waals surface area contributed by atoms with Crippen molar-refractivity contribution in [3.05, 3.63) is 34.9 Å². The number of nitrogens with zero attached hydrogens (tertiary/aromatic N) is 6. The van der Waals surface area contributed by atoms with Crippen molar-refractivity contribution < 1.29 is 4.79 Å². The molecule has 0 unspecified atom stereocenters. The number of carbonyl (C=O) groups is 1. The summed E-state index contributed by atoms with van der Waals surface area (Å²) < 4.78 is 2.98. The van der Waals surface area contributed by atoms with Crippen LogP contribution in [0, 0.1) is 11.3 Å². The Morgan fingerprint density at radius 3 is 2.80 bits per heavy atom. The summed E-state index contributed by atoms with van der Waals surface area (Å²) in [7, 11) is 1.64. The Hall–Kier alpha value is -3.12. The fraction of sp³-hybridized carbons (Fsp3) is 0.267. The van der Waals surface area contributed by atoms with Crippen LogP contribution in [0.1, 0.15) is 31.0 Å². The minimum atomic E-state index is -0.474. The highest BCUT2D eigenvalue weighted by Crippen LogP contribution is 2.28. The highest BCUT2D eigenvalue weighted by Gasteiger charge is 2.17. The molecule has 25 heavy (non-hydrogen) atoms. The molecule has 128 valence electrons. The maximum atomic E-state index is 12.3. The lowest BCUT2D eigenvalue weighted by atomic mass is 10.0. The minimum Gasteiger partial charge on any atom is -0.306 e. The summed E-state index contributed by atoms with van der Waals surface area (Å²) in [6.07, 6.45) is 3.15. The number of rotatable bonds is 3. The maximum Gasteiger partial charge on any atom is 0.324 e. The molecule has 3 heterocycles. The Bertz CT molecular complexity index is 997. The van der Waals surface area contributed by atoms with Crippen LogP contribution in [0.2, 0.25) is 5.15 Å². The SMILES string of the molecule is CC(C)c1c(NC(=O)Nc2cc(C#N)nn2C)cnn2cc(Cl)nc12. The van der Waals surface area contributed by atoms with Crippen molar-refractivity contribution in [2.75, 3.05) is 10.6 Å². The van der Waals surface area contributed by atoms with Gasteiger partial charge >= 0.3 is 6.03 Å². The van der Waals surface area contributed by atoms with Gasteiger partial charge < -0.3 is 5.32 Å². The lowest BCUT2D eigenvalue weighted by Crippen LogP contribution is -2.22. The van der Waals surface area contributed by atoms with Gasteiger partial charge in [-0.2, -0.15) is 15.5 Å². The van der Waals surface area contributed by atoms with Crippen molar-refractivity contribution in [1.29, 1.82) is 5.26 Å². The summed E-state index contributed by atoms with van der Waals surface area (Å²) >= 11 is 5.95. The predicted molar refractivity (Wildman–Crippen MR) is 92.7 cm³/mol. The lowest BCUT2D eigenvalue weighted by molar-refractivity contribution is 0.262. The van der Waals surface area contributed by atoms with E-state index in [0.717, 1.165) is 5.56 Å². The number of anilines is 2. The van der Waals surface area contributed by atoms with Crippen LogP contribution in [-0.4, -0.2) is 30.4 Å². The van der Waals surface area contributed by atoms with E-state index in [4.69, 9.17) is 16.9 Å². The molecule has 0 radical (unpaired) electrons. The molecule has 2 amide bonds. The number of hydrogen-bond acceptors (Lipinski definition) is 5. The van der Waals surface area contributed by atoms with E-state index in [-0.39, 0.29) is 11.6 Å². The zero-order chi connectivity index (χ0) is 18.1. The number of hydrogen-bond donors (Lipinski definition) is 2. The molecule has 0 aliphatic carbocycles. The molecular formula is C15H15ClN8O. The highest BCUT2D eigenvalue weighted by atomic mass is 35.5. The normalized spacial score (nSPS) is 10.9. The summed E-state index contributed by atoms with van der Waals surface area (Å²) in [4.78, 5) is 16.6. The lowest BCUT2D eigenvalue weighted by Gasteiger charge is -2.14. The first-order valence-corrected chi connectivity index (χ1v) is 7.82. The van der Waals surface area contributed by atoms with Gasteiger partial charge in [0.15, 0.2) is 11.3 Å². The number of amides is 2. The van der Waals surface area contributed by atoms with E-state index in [0.29, 0.717) is 22.3 Å². The first kappa shape index (κ1) is 16.7. The van der Waals surface area contributed by atoms with Gasteiger partial charge in [0.25, 0.3) is 0 Å². The molecule has 0 aromatic carbocycles. The van der Waals surface area contributed by atoms with Gasteiger partial charge in [-0.1, -0.05) is 25.4 Å². The molecule has 0 bridgehead atoms. The smallest absolute Gasteiger partial charge is 0.306 e. The molecular weight excluding hydrogens is 344 g/mol. The first-order chi connectivity index (χ1) is 11.9. The predicted octanol–water partition coefficient (Wildman–Crippen LogP) is 2.76. The van der Waals surface area contributed by atoms with Crippen molar-refractivity contribution in [1.82, 2.24) is 24.4 Å². The number of nitriles is 1.